The summed E-state index contributed by atoms with van der Waals surface area (Å²) in [5.74, 6) is 0.558. The van der Waals surface area contributed by atoms with Crippen LogP contribution in [0.4, 0.5) is 0 Å². The molecule has 4 bridgehead atoms. The first-order chi connectivity index (χ1) is 18.5. The summed E-state index contributed by atoms with van der Waals surface area (Å²) >= 11 is 0. The van der Waals surface area contributed by atoms with Crippen molar-refractivity contribution in [2.45, 2.75) is 44.9 Å². The molecule has 10 heteroatoms. The molecule has 38 heavy (non-hydrogen) atoms. The minimum atomic E-state index is -0.457. The van der Waals surface area contributed by atoms with Crippen LogP contribution in [-0.4, -0.2) is 74.8 Å². The van der Waals surface area contributed by atoms with E-state index in [1.54, 1.807) is 23.1 Å². The van der Waals surface area contributed by atoms with Crippen molar-refractivity contribution in [1.29, 1.82) is 0 Å². The standard InChI is InChI=1S/C28H35N3O7/c1-3-4-13-36-18-27(33)31-12-11-23-22(16-31)30-28(34)20-7-10-24(35-2)25(14-20)37-17-26(32)29-15-19-5-8-21(38-23)9-6-19/h5-10,14,22-23H,3-4,11-13,15-18H2,1-2H3,(H,29,32)(H,30,34)/t22-,23+/m0/s1. The van der Waals surface area contributed by atoms with Gasteiger partial charge in [0, 0.05) is 38.2 Å². The molecule has 0 radical (unpaired) electrons. The fourth-order valence-electron chi connectivity index (χ4n) is 4.37. The number of nitrogens with zero attached hydrogens (tertiary/aromatic N) is 1. The lowest BCUT2D eigenvalue weighted by atomic mass is 10.0. The lowest BCUT2D eigenvalue weighted by Crippen LogP contribution is -2.58. The number of nitrogens with one attached hydrogen (secondary N) is 2. The van der Waals surface area contributed by atoms with Crippen molar-refractivity contribution in [2.75, 3.05) is 40.0 Å². The Labute approximate surface area is 222 Å². The Morgan fingerprint density at radius 3 is 2.74 bits per heavy atom. The zero-order valence-electron chi connectivity index (χ0n) is 21.9. The van der Waals surface area contributed by atoms with E-state index in [9.17, 15) is 14.4 Å². The third-order valence-electron chi connectivity index (χ3n) is 6.57. The SMILES string of the molecule is CCCCOCC(=O)N1CC[C@H]2Oc3ccc(cc3)CNC(=O)COc3cc(ccc3OC)C(=O)N[C@H]2C1. The van der Waals surface area contributed by atoms with Gasteiger partial charge in [-0.3, -0.25) is 14.4 Å². The fourth-order valence-corrected chi connectivity index (χ4v) is 4.37. The van der Waals surface area contributed by atoms with E-state index in [4.69, 9.17) is 18.9 Å². The zero-order chi connectivity index (χ0) is 26.9. The maximum atomic E-state index is 13.3. The van der Waals surface area contributed by atoms with Crippen LogP contribution in [0.15, 0.2) is 42.5 Å². The van der Waals surface area contributed by atoms with E-state index < -0.39 is 6.04 Å². The van der Waals surface area contributed by atoms with Crippen molar-refractivity contribution in [3.8, 4) is 17.2 Å². The number of carbonyl (C=O) groups is 3. The summed E-state index contributed by atoms with van der Waals surface area (Å²) in [4.78, 5) is 40.2. The summed E-state index contributed by atoms with van der Waals surface area (Å²) in [6.07, 6.45) is 2.09. The second-order valence-electron chi connectivity index (χ2n) is 9.35. The van der Waals surface area contributed by atoms with Gasteiger partial charge in [-0.05, 0) is 42.3 Å². The van der Waals surface area contributed by atoms with Gasteiger partial charge in [-0.25, -0.2) is 0 Å². The predicted octanol–water partition coefficient (Wildman–Crippen LogP) is 2.30. The van der Waals surface area contributed by atoms with Gasteiger partial charge in [-0.1, -0.05) is 25.5 Å². The van der Waals surface area contributed by atoms with Gasteiger partial charge in [-0.2, -0.15) is 0 Å². The first kappa shape index (κ1) is 27.3. The van der Waals surface area contributed by atoms with Gasteiger partial charge < -0.3 is 34.5 Å². The second-order valence-corrected chi connectivity index (χ2v) is 9.35. The van der Waals surface area contributed by atoms with Crippen molar-refractivity contribution in [1.82, 2.24) is 15.5 Å². The molecule has 5 rings (SSSR count). The molecule has 3 heterocycles. The van der Waals surface area contributed by atoms with Crippen molar-refractivity contribution in [3.63, 3.8) is 0 Å². The average Bonchev–Trinajstić information content (AvgIpc) is 2.94. The molecule has 0 unspecified atom stereocenters. The first-order valence-corrected chi connectivity index (χ1v) is 13.0. The number of ether oxygens (including phenoxy) is 4. The quantitative estimate of drug-likeness (QED) is 0.556. The normalized spacial score (nSPS) is 19.8. The van der Waals surface area contributed by atoms with E-state index in [-0.39, 0.29) is 42.8 Å². The molecule has 0 aliphatic carbocycles. The van der Waals surface area contributed by atoms with Gasteiger partial charge in [-0.15, -0.1) is 0 Å². The molecule has 204 valence electrons. The Kier molecular flexibility index (Phi) is 9.42. The van der Waals surface area contributed by atoms with Crippen LogP contribution in [-0.2, 0) is 20.9 Å². The number of carbonyl (C=O) groups excluding carboxylic acids is 3. The molecule has 3 amide bonds. The van der Waals surface area contributed by atoms with E-state index in [0.717, 1.165) is 18.4 Å². The number of hydrogen-bond donors (Lipinski definition) is 2. The van der Waals surface area contributed by atoms with Gasteiger partial charge in [0.1, 0.15) is 18.5 Å². The van der Waals surface area contributed by atoms with E-state index in [1.165, 1.54) is 7.11 Å². The van der Waals surface area contributed by atoms with E-state index in [0.29, 0.717) is 49.7 Å². The first-order valence-electron chi connectivity index (χ1n) is 13.0. The predicted molar refractivity (Wildman–Crippen MR) is 139 cm³/mol. The van der Waals surface area contributed by atoms with Crippen LogP contribution in [0.2, 0.25) is 0 Å². The van der Waals surface area contributed by atoms with Crippen LogP contribution < -0.4 is 24.8 Å². The largest absolute Gasteiger partial charge is 0.493 e. The highest BCUT2D eigenvalue weighted by atomic mass is 16.5. The Balaban J connectivity index is 1.57. The van der Waals surface area contributed by atoms with Gasteiger partial charge in [0.2, 0.25) is 5.91 Å². The summed E-state index contributed by atoms with van der Waals surface area (Å²) < 4.78 is 22.8. The van der Waals surface area contributed by atoms with Crippen LogP contribution in [0.3, 0.4) is 0 Å². The molecule has 3 aliphatic rings. The highest BCUT2D eigenvalue weighted by molar-refractivity contribution is 5.95. The Morgan fingerprint density at radius 1 is 1.16 bits per heavy atom. The summed E-state index contributed by atoms with van der Waals surface area (Å²) in [5, 5.41) is 5.86. The van der Waals surface area contributed by atoms with Crippen molar-refractivity contribution in [2.24, 2.45) is 0 Å². The number of amides is 3. The summed E-state index contributed by atoms with van der Waals surface area (Å²) in [5.41, 5.74) is 1.24. The second kappa shape index (κ2) is 13.1. The summed E-state index contributed by atoms with van der Waals surface area (Å²) in [7, 11) is 1.49. The number of likely N-dealkylation sites (tertiary alicyclic amines) is 1. The molecule has 0 spiro atoms. The van der Waals surface area contributed by atoms with Gasteiger partial charge in [0.15, 0.2) is 18.1 Å². The molecular weight excluding hydrogens is 490 g/mol. The molecule has 2 atom stereocenters. The van der Waals surface area contributed by atoms with Crippen LogP contribution in [0.1, 0.15) is 42.1 Å². The van der Waals surface area contributed by atoms with Crippen LogP contribution in [0.25, 0.3) is 0 Å². The maximum absolute atomic E-state index is 13.3. The monoisotopic (exact) mass is 525 g/mol. The fraction of sp³-hybridized carbons (Fsp3) is 0.464. The zero-order valence-corrected chi connectivity index (χ0v) is 21.9. The Hall–Kier alpha value is -3.79. The minimum Gasteiger partial charge on any atom is -0.493 e. The van der Waals surface area contributed by atoms with E-state index >= 15 is 0 Å². The molecule has 0 saturated carbocycles. The van der Waals surface area contributed by atoms with E-state index in [2.05, 4.69) is 17.6 Å². The lowest BCUT2D eigenvalue weighted by molar-refractivity contribution is -0.138. The molecule has 0 aromatic heterocycles. The summed E-state index contributed by atoms with van der Waals surface area (Å²) in [6.45, 7) is 3.52. The third-order valence-corrected chi connectivity index (χ3v) is 6.57. The molecule has 2 aromatic rings. The van der Waals surface area contributed by atoms with Gasteiger partial charge in [0.05, 0.1) is 13.2 Å². The van der Waals surface area contributed by atoms with Crippen molar-refractivity contribution in [3.05, 3.63) is 53.6 Å². The van der Waals surface area contributed by atoms with Crippen LogP contribution in [0.5, 0.6) is 17.2 Å². The Morgan fingerprint density at radius 2 is 1.97 bits per heavy atom. The number of benzene rings is 2. The highest BCUT2D eigenvalue weighted by Crippen LogP contribution is 2.28. The smallest absolute Gasteiger partial charge is 0.258 e. The minimum absolute atomic E-state index is 0.0135. The number of methoxy groups -OCH3 is 1. The summed E-state index contributed by atoms with van der Waals surface area (Å²) in [6, 6.07) is 11.7. The molecule has 10 nitrogen and oxygen atoms in total. The topological polar surface area (TPSA) is 115 Å². The number of unbranched alkanes of at least 4 members (excludes halogenated alkanes) is 1. The number of rotatable bonds is 6. The van der Waals surface area contributed by atoms with Crippen molar-refractivity contribution < 1.29 is 33.3 Å². The highest BCUT2D eigenvalue weighted by Gasteiger charge is 2.34. The number of piperidine rings is 1. The van der Waals surface area contributed by atoms with Crippen LogP contribution >= 0.6 is 0 Å². The van der Waals surface area contributed by atoms with Crippen molar-refractivity contribution >= 4 is 17.7 Å². The average molecular weight is 526 g/mol. The number of hydrogen-bond acceptors (Lipinski definition) is 7. The molecule has 1 fully saturated rings. The Bertz CT molecular complexity index is 1120. The van der Waals surface area contributed by atoms with Gasteiger partial charge in [0.25, 0.3) is 11.8 Å². The molecule has 2 N–H and O–H groups in total. The molecular formula is C28H35N3O7. The van der Waals surface area contributed by atoms with E-state index in [1.807, 2.05) is 24.3 Å². The molecule has 2 aromatic carbocycles. The van der Waals surface area contributed by atoms with Gasteiger partial charge >= 0.3 is 0 Å². The number of fused-ring (bicyclic) bond motifs is 7. The lowest BCUT2D eigenvalue weighted by Gasteiger charge is -2.38. The molecule has 1 saturated heterocycles. The molecule has 3 aliphatic heterocycles. The van der Waals surface area contributed by atoms with Crippen LogP contribution in [0, 0.1) is 0 Å². The maximum Gasteiger partial charge on any atom is 0.258 e. The third kappa shape index (κ3) is 7.16.